The zero-order valence-corrected chi connectivity index (χ0v) is 11.3. The number of hydrogen-bond acceptors (Lipinski definition) is 0. The van der Waals surface area contributed by atoms with Gasteiger partial charge in [-0.3, -0.25) is 0 Å². The van der Waals surface area contributed by atoms with Crippen molar-refractivity contribution in [2.75, 3.05) is 0 Å². The second-order valence-corrected chi connectivity index (χ2v) is 4.15. The molecule has 0 N–H and O–H groups in total. The Hall–Kier alpha value is -0.520. The van der Waals surface area contributed by atoms with E-state index < -0.39 is 0 Å². The molecule has 0 radical (unpaired) electrons. The molecule has 0 saturated heterocycles. The summed E-state index contributed by atoms with van der Waals surface area (Å²) in [6.07, 6.45) is 7.75. The SMILES string of the molecule is C=C.C=CC1CCC(C(C)C)CC1.CC. The molecule has 0 heterocycles. The standard InChI is InChI=1S/C11H20.C2H6.C2H4/c1-4-10-5-7-11(8-6-10)9(2)3;2*1-2/h4,9-11H,1,5-8H2,2-3H3;1-2H3;1-2H2. The summed E-state index contributed by atoms with van der Waals surface area (Å²) in [6.45, 7) is 18.5. The van der Waals surface area contributed by atoms with Gasteiger partial charge in [-0.1, -0.05) is 33.8 Å². The van der Waals surface area contributed by atoms with Crippen LogP contribution in [0.25, 0.3) is 0 Å². The van der Waals surface area contributed by atoms with Gasteiger partial charge in [0, 0.05) is 0 Å². The minimum Gasteiger partial charge on any atom is -0.106 e. The Kier molecular flexibility index (Phi) is 13.0. The van der Waals surface area contributed by atoms with Crippen LogP contribution in [0.3, 0.4) is 0 Å². The van der Waals surface area contributed by atoms with Crippen LogP contribution >= 0.6 is 0 Å². The second-order valence-electron chi connectivity index (χ2n) is 4.15. The molecule has 0 spiro atoms. The van der Waals surface area contributed by atoms with Crippen LogP contribution in [0.5, 0.6) is 0 Å². The molecule has 0 amide bonds. The van der Waals surface area contributed by atoms with E-state index in [0.29, 0.717) is 0 Å². The molecule has 0 bridgehead atoms. The smallest absolute Gasteiger partial charge is 0.0236 e. The average Bonchev–Trinajstić information content (AvgIpc) is 2.34. The number of hydrogen-bond donors (Lipinski definition) is 0. The highest BCUT2D eigenvalue weighted by Crippen LogP contribution is 2.33. The highest BCUT2D eigenvalue weighted by molar-refractivity contribution is 4.84. The molecule has 1 fully saturated rings. The molecule has 1 saturated carbocycles. The van der Waals surface area contributed by atoms with Crippen LogP contribution in [0, 0.1) is 17.8 Å². The maximum absolute atomic E-state index is 3.85. The molecule has 0 aliphatic heterocycles. The Labute approximate surface area is 97.5 Å². The minimum atomic E-state index is 0.824. The summed E-state index contributed by atoms with van der Waals surface area (Å²) in [6, 6.07) is 0. The molecule has 0 aromatic carbocycles. The maximum Gasteiger partial charge on any atom is -0.0236 e. The van der Waals surface area contributed by atoms with Crippen molar-refractivity contribution in [2.24, 2.45) is 17.8 Å². The molecule has 0 atom stereocenters. The highest BCUT2D eigenvalue weighted by Gasteiger charge is 2.20. The van der Waals surface area contributed by atoms with Crippen LogP contribution < -0.4 is 0 Å². The van der Waals surface area contributed by atoms with E-state index in [9.17, 15) is 0 Å². The summed E-state index contributed by atoms with van der Waals surface area (Å²) in [4.78, 5) is 0. The predicted octanol–water partition coefficient (Wildman–Crippen LogP) is 5.46. The first-order valence-corrected chi connectivity index (χ1v) is 6.36. The molecular formula is C15H30. The van der Waals surface area contributed by atoms with Gasteiger partial charge >= 0.3 is 0 Å². The van der Waals surface area contributed by atoms with E-state index in [1.165, 1.54) is 25.7 Å². The summed E-state index contributed by atoms with van der Waals surface area (Å²) >= 11 is 0. The highest BCUT2D eigenvalue weighted by atomic mass is 14.3. The van der Waals surface area contributed by atoms with Crippen LogP contribution in [-0.4, -0.2) is 0 Å². The Bertz CT molecular complexity index is 127. The van der Waals surface area contributed by atoms with Gasteiger partial charge in [0.15, 0.2) is 0 Å². The van der Waals surface area contributed by atoms with Crippen molar-refractivity contribution in [1.82, 2.24) is 0 Å². The molecule has 1 aliphatic rings. The lowest BCUT2D eigenvalue weighted by molar-refractivity contribution is 0.248. The summed E-state index contributed by atoms with van der Waals surface area (Å²) in [5.74, 6) is 2.71. The van der Waals surface area contributed by atoms with Crippen molar-refractivity contribution in [3.63, 3.8) is 0 Å². The molecule has 1 rings (SSSR count). The lowest BCUT2D eigenvalue weighted by atomic mass is 9.77. The Morgan fingerprint density at radius 3 is 1.67 bits per heavy atom. The van der Waals surface area contributed by atoms with Crippen LogP contribution in [0.4, 0.5) is 0 Å². The molecule has 15 heavy (non-hydrogen) atoms. The Morgan fingerprint density at radius 2 is 1.40 bits per heavy atom. The van der Waals surface area contributed by atoms with Crippen molar-refractivity contribution in [3.8, 4) is 0 Å². The summed E-state index contributed by atoms with van der Waals surface area (Å²) < 4.78 is 0. The van der Waals surface area contributed by atoms with Crippen molar-refractivity contribution < 1.29 is 0 Å². The van der Waals surface area contributed by atoms with E-state index >= 15 is 0 Å². The summed E-state index contributed by atoms with van der Waals surface area (Å²) in [7, 11) is 0. The molecule has 0 unspecified atom stereocenters. The number of rotatable bonds is 2. The average molecular weight is 210 g/mol. The first-order valence-electron chi connectivity index (χ1n) is 6.36. The van der Waals surface area contributed by atoms with Crippen molar-refractivity contribution >= 4 is 0 Å². The predicted molar refractivity (Wildman–Crippen MR) is 73.1 cm³/mol. The zero-order chi connectivity index (χ0) is 12.3. The molecule has 0 heteroatoms. The van der Waals surface area contributed by atoms with Gasteiger partial charge in [-0.05, 0) is 43.4 Å². The number of allylic oxidation sites excluding steroid dienone is 1. The second kappa shape index (κ2) is 11.6. The Morgan fingerprint density at radius 1 is 1.00 bits per heavy atom. The lowest BCUT2D eigenvalue weighted by Crippen LogP contribution is -2.17. The van der Waals surface area contributed by atoms with E-state index in [1.54, 1.807) is 0 Å². The van der Waals surface area contributed by atoms with Gasteiger partial charge in [-0.15, -0.1) is 19.7 Å². The summed E-state index contributed by atoms with van der Waals surface area (Å²) in [5.41, 5.74) is 0. The van der Waals surface area contributed by atoms with E-state index in [-0.39, 0.29) is 0 Å². The molecule has 0 nitrogen and oxygen atoms in total. The van der Waals surface area contributed by atoms with Crippen molar-refractivity contribution in [2.45, 2.75) is 53.4 Å². The van der Waals surface area contributed by atoms with Gasteiger partial charge in [-0.2, -0.15) is 0 Å². The van der Waals surface area contributed by atoms with Gasteiger partial charge < -0.3 is 0 Å². The van der Waals surface area contributed by atoms with Gasteiger partial charge in [0.25, 0.3) is 0 Å². The zero-order valence-electron chi connectivity index (χ0n) is 11.3. The summed E-state index contributed by atoms with van der Waals surface area (Å²) in [5, 5.41) is 0. The van der Waals surface area contributed by atoms with E-state index in [0.717, 1.165) is 17.8 Å². The van der Waals surface area contributed by atoms with Crippen molar-refractivity contribution in [1.29, 1.82) is 0 Å². The Balaban J connectivity index is 0. The van der Waals surface area contributed by atoms with Crippen molar-refractivity contribution in [3.05, 3.63) is 25.8 Å². The third-order valence-corrected chi connectivity index (χ3v) is 3.09. The maximum atomic E-state index is 3.85. The van der Waals surface area contributed by atoms with Gasteiger partial charge in [-0.25, -0.2) is 0 Å². The lowest BCUT2D eigenvalue weighted by Gasteiger charge is -2.29. The first-order chi connectivity index (χ1) is 7.24. The van der Waals surface area contributed by atoms with E-state index in [1.807, 2.05) is 13.8 Å². The molecule has 90 valence electrons. The third kappa shape index (κ3) is 7.41. The normalized spacial score (nSPS) is 24.3. The fourth-order valence-electron chi connectivity index (χ4n) is 2.05. The quantitative estimate of drug-likeness (QED) is 0.531. The molecule has 1 aliphatic carbocycles. The molecule has 0 aromatic rings. The minimum absolute atomic E-state index is 0.824. The first kappa shape index (κ1) is 16.9. The fourth-order valence-corrected chi connectivity index (χ4v) is 2.05. The van der Waals surface area contributed by atoms with E-state index in [4.69, 9.17) is 0 Å². The fraction of sp³-hybridized carbons (Fsp3) is 0.733. The van der Waals surface area contributed by atoms with Gasteiger partial charge in [0.05, 0.1) is 0 Å². The molecule has 0 aromatic heterocycles. The van der Waals surface area contributed by atoms with Gasteiger partial charge in [0.1, 0.15) is 0 Å². The topological polar surface area (TPSA) is 0 Å². The van der Waals surface area contributed by atoms with Crippen LogP contribution in [0.2, 0.25) is 0 Å². The van der Waals surface area contributed by atoms with E-state index in [2.05, 4.69) is 39.7 Å². The monoisotopic (exact) mass is 210 g/mol. The van der Waals surface area contributed by atoms with Gasteiger partial charge in [0.2, 0.25) is 0 Å². The third-order valence-electron chi connectivity index (χ3n) is 3.09. The largest absolute Gasteiger partial charge is 0.106 e. The van der Waals surface area contributed by atoms with Crippen LogP contribution in [0.1, 0.15) is 53.4 Å². The van der Waals surface area contributed by atoms with Crippen LogP contribution in [-0.2, 0) is 0 Å². The van der Waals surface area contributed by atoms with Crippen LogP contribution in [0.15, 0.2) is 25.8 Å². The molecular weight excluding hydrogens is 180 g/mol.